The Hall–Kier alpha value is -0.760. The highest BCUT2D eigenvalue weighted by atomic mass is 31.2. The second-order valence-corrected chi connectivity index (χ2v) is 27.8. The van der Waals surface area contributed by atoms with E-state index in [0.717, 1.165) is 38.5 Å². The summed E-state index contributed by atoms with van der Waals surface area (Å²) in [6.45, 7) is 4.95. The van der Waals surface area contributed by atoms with Crippen LogP contribution in [0.2, 0.25) is 0 Å². The van der Waals surface area contributed by atoms with Gasteiger partial charge in [0.15, 0.2) is 0 Å². The van der Waals surface area contributed by atoms with Gasteiger partial charge >= 0.3 is 7.82 Å². The molecule has 0 spiro atoms. The predicted molar refractivity (Wildman–Crippen MR) is 351 cm³/mol. The summed E-state index contributed by atoms with van der Waals surface area (Å²) in [6, 6.07) is -0.757. The van der Waals surface area contributed by atoms with E-state index >= 15 is 0 Å². The fourth-order valence-corrected chi connectivity index (χ4v) is 12.1. The number of carbonyl (C=O) groups excluding carboxylic acids is 1. The van der Waals surface area contributed by atoms with Crippen LogP contribution in [-0.4, -0.2) is 73.4 Å². The second-order valence-electron chi connectivity index (χ2n) is 26.3. The number of amides is 1. The molecule has 0 aromatic rings. The number of nitrogens with zero attached hydrogens (tertiary/aromatic N) is 1. The number of allylic oxidation sites excluding steroid dienone is 2. The van der Waals surface area contributed by atoms with Crippen molar-refractivity contribution in [1.82, 2.24) is 5.32 Å². The Morgan fingerprint density at radius 1 is 0.412 bits per heavy atom. The van der Waals surface area contributed by atoms with Gasteiger partial charge in [-0.25, -0.2) is 4.57 Å². The van der Waals surface area contributed by atoms with Gasteiger partial charge in [-0.15, -0.1) is 0 Å². The van der Waals surface area contributed by atoms with Crippen LogP contribution in [0.15, 0.2) is 12.2 Å². The minimum atomic E-state index is -4.32. The number of rotatable bonds is 68. The molecule has 9 heteroatoms. The molecule has 1 amide bonds. The molecule has 0 heterocycles. The largest absolute Gasteiger partial charge is 0.472 e. The Kier molecular flexibility index (Phi) is 62.2. The van der Waals surface area contributed by atoms with Gasteiger partial charge in [0.2, 0.25) is 5.91 Å². The number of unbranched alkanes of at least 4 members (excludes halogenated alkanes) is 53. The highest BCUT2D eigenvalue weighted by Crippen LogP contribution is 2.43. The first kappa shape index (κ1) is 79.2. The number of aliphatic hydroxyl groups is 1. The zero-order valence-corrected chi connectivity index (χ0v) is 55.8. The maximum absolute atomic E-state index is 13.1. The van der Waals surface area contributed by atoms with E-state index in [1.54, 1.807) is 0 Å². The lowest BCUT2D eigenvalue weighted by Crippen LogP contribution is -2.46. The normalized spacial score (nSPS) is 13.6. The molecule has 0 aliphatic rings. The number of phosphoric ester groups is 1. The first-order valence-electron chi connectivity index (χ1n) is 36.1. The van der Waals surface area contributed by atoms with Gasteiger partial charge in [0.05, 0.1) is 39.9 Å². The average Bonchev–Trinajstić information content (AvgIpc) is 3.42. The summed E-state index contributed by atoms with van der Waals surface area (Å²) < 4.78 is 23.9. The Labute approximate surface area is 501 Å². The predicted octanol–water partition coefficient (Wildman–Crippen LogP) is 22.9. The Morgan fingerprint density at radius 2 is 0.675 bits per heavy atom. The van der Waals surface area contributed by atoms with Gasteiger partial charge in [0.1, 0.15) is 13.2 Å². The van der Waals surface area contributed by atoms with Crippen molar-refractivity contribution in [1.29, 1.82) is 0 Å². The molecule has 0 saturated carbocycles. The molecule has 0 aromatic carbocycles. The van der Waals surface area contributed by atoms with Crippen LogP contribution < -0.4 is 5.32 Å². The van der Waals surface area contributed by atoms with Crippen molar-refractivity contribution >= 4 is 13.7 Å². The van der Waals surface area contributed by atoms with Gasteiger partial charge in [-0.2, -0.15) is 0 Å². The highest BCUT2D eigenvalue weighted by molar-refractivity contribution is 7.47. The summed E-state index contributed by atoms with van der Waals surface area (Å²) in [5, 5.41) is 14.1. The Balaban J connectivity index is 3.86. The lowest BCUT2D eigenvalue weighted by molar-refractivity contribution is -0.870. The number of quaternary nitrogens is 1. The van der Waals surface area contributed by atoms with Gasteiger partial charge < -0.3 is 19.8 Å². The fraction of sp³-hybridized carbons (Fsp3) is 0.958. The maximum Gasteiger partial charge on any atom is 0.472 e. The zero-order valence-electron chi connectivity index (χ0n) is 54.9. The third-order valence-corrected chi connectivity index (χ3v) is 18.0. The summed E-state index contributed by atoms with van der Waals surface area (Å²) in [5.74, 6) is -0.134. The number of likely N-dealkylation sites (N-methyl/N-ethyl adjacent to an activating group) is 1. The van der Waals surface area contributed by atoms with Gasteiger partial charge in [-0.3, -0.25) is 13.8 Å². The number of hydrogen-bond donors (Lipinski definition) is 3. The SMILES string of the molecule is CCCCCCCCCC/C=C\CCCCCCCCCCCCCCCCCCCCCCCCCCCCCC(=O)NC(COP(=O)(O)OCC[N+](C)(C)C)C(O)CCCCCCCCCCCCCCCCCCCCC. The number of carbonyl (C=O) groups is 1. The van der Waals surface area contributed by atoms with Crippen LogP contribution in [0.25, 0.3) is 0 Å². The molecule has 0 aliphatic carbocycles. The van der Waals surface area contributed by atoms with Crippen molar-refractivity contribution in [3.05, 3.63) is 12.2 Å². The molecule has 0 bridgehead atoms. The minimum absolute atomic E-state index is 0.0787. The maximum atomic E-state index is 13.1. The van der Waals surface area contributed by atoms with Crippen molar-refractivity contribution in [2.24, 2.45) is 0 Å². The van der Waals surface area contributed by atoms with E-state index in [0.29, 0.717) is 23.9 Å². The number of nitrogens with one attached hydrogen (secondary N) is 1. The number of phosphoric acid groups is 1. The van der Waals surface area contributed by atoms with Gasteiger partial charge in [-0.1, -0.05) is 353 Å². The van der Waals surface area contributed by atoms with Crippen molar-refractivity contribution in [3.63, 3.8) is 0 Å². The molecule has 8 nitrogen and oxygen atoms in total. The standard InChI is InChI=1S/C71H143N2O6P/c1-6-8-10-12-14-16-18-20-22-24-26-27-28-29-30-31-32-33-34-35-36-37-38-39-40-41-42-43-44-45-47-49-51-53-55-57-59-61-63-65-71(75)72-69(68-79-80(76,77)78-67-66-73(3,4)5)70(74)64-62-60-58-56-54-52-50-48-46-25-23-21-19-17-15-13-11-9-7-2/h24,26,69-70,74H,6-23,25,27-68H2,1-5H3,(H-,72,75,76,77)/p+1/b26-24-. The molecule has 3 unspecified atom stereocenters. The van der Waals surface area contributed by atoms with E-state index in [4.69, 9.17) is 9.05 Å². The molecule has 0 aromatic heterocycles. The van der Waals surface area contributed by atoms with Crippen LogP contribution in [-0.2, 0) is 18.4 Å². The highest BCUT2D eigenvalue weighted by Gasteiger charge is 2.28. The van der Waals surface area contributed by atoms with Crippen LogP contribution in [0.1, 0.15) is 386 Å². The summed E-state index contributed by atoms with van der Waals surface area (Å²) in [5.41, 5.74) is 0. The first-order valence-corrected chi connectivity index (χ1v) is 37.5. The van der Waals surface area contributed by atoms with Crippen LogP contribution >= 0.6 is 7.82 Å². The first-order chi connectivity index (χ1) is 39.0. The van der Waals surface area contributed by atoms with Crippen molar-refractivity contribution < 1.29 is 32.9 Å². The molecule has 0 saturated heterocycles. The molecule has 3 N–H and O–H groups in total. The van der Waals surface area contributed by atoms with Crippen LogP contribution in [0.4, 0.5) is 0 Å². The van der Waals surface area contributed by atoms with Crippen LogP contribution in [0, 0.1) is 0 Å². The van der Waals surface area contributed by atoms with E-state index in [9.17, 15) is 19.4 Å². The van der Waals surface area contributed by atoms with Crippen molar-refractivity contribution in [2.45, 2.75) is 398 Å². The molecule has 3 atom stereocenters. The summed E-state index contributed by atoms with van der Waals surface area (Å²) in [7, 11) is 1.64. The van der Waals surface area contributed by atoms with Crippen molar-refractivity contribution in [3.8, 4) is 0 Å². The third kappa shape index (κ3) is 64.8. The molecule has 80 heavy (non-hydrogen) atoms. The van der Waals surface area contributed by atoms with E-state index in [1.807, 2.05) is 21.1 Å². The smallest absolute Gasteiger partial charge is 0.391 e. The van der Waals surface area contributed by atoms with Gasteiger partial charge in [0.25, 0.3) is 0 Å². The van der Waals surface area contributed by atoms with Crippen molar-refractivity contribution in [2.75, 3.05) is 40.9 Å². The van der Waals surface area contributed by atoms with E-state index in [1.165, 1.54) is 321 Å². The lowest BCUT2D eigenvalue weighted by Gasteiger charge is -2.26. The molecule has 0 rings (SSSR count). The molecule has 478 valence electrons. The monoisotopic (exact) mass is 1150 g/mol. The Bertz CT molecular complexity index is 1310. The van der Waals surface area contributed by atoms with E-state index < -0.39 is 20.0 Å². The minimum Gasteiger partial charge on any atom is -0.391 e. The van der Waals surface area contributed by atoms with Gasteiger partial charge in [0, 0.05) is 6.42 Å². The van der Waals surface area contributed by atoms with Crippen LogP contribution in [0.3, 0.4) is 0 Å². The number of hydrogen-bond acceptors (Lipinski definition) is 5. The summed E-state index contributed by atoms with van der Waals surface area (Å²) >= 11 is 0. The summed E-state index contributed by atoms with van der Waals surface area (Å²) in [6.07, 6.45) is 80.5. The van der Waals surface area contributed by atoms with Crippen LogP contribution in [0.5, 0.6) is 0 Å². The Morgan fingerprint density at radius 3 is 0.963 bits per heavy atom. The molecule has 0 radical (unpaired) electrons. The lowest BCUT2D eigenvalue weighted by atomic mass is 10.0. The second kappa shape index (κ2) is 62.8. The third-order valence-electron chi connectivity index (χ3n) is 17.0. The zero-order chi connectivity index (χ0) is 58.4. The average molecular weight is 1150 g/mol. The topological polar surface area (TPSA) is 105 Å². The van der Waals surface area contributed by atoms with E-state index in [-0.39, 0.29) is 19.1 Å². The summed E-state index contributed by atoms with van der Waals surface area (Å²) in [4.78, 5) is 23.4. The fourth-order valence-electron chi connectivity index (χ4n) is 11.4. The molecule has 0 aliphatic heterocycles. The number of aliphatic hydroxyl groups excluding tert-OH is 1. The van der Waals surface area contributed by atoms with E-state index in [2.05, 4.69) is 31.3 Å². The molecular weight excluding hydrogens is 1010 g/mol. The van der Waals surface area contributed by atoms with Gasteiger partial charge in [-0.05, 0) is 38.5 Å². The molecular formula is C71H144N2O6P+. The quantitative estimate of drug-likeness (QED) is 0.0243. The molecule has 0 fully saturated rings.